The van der Waals surface area contributed by atoms with Gasteiger partial charge >= 0.3 is 0 Å². The number of nitrogens with zero attached hydrogens (tertiary/aromatic N) is 2. The van der Waals surface area contributed by atoms with Crippen molar-refractivity contribution in [1.29, 1.82) is 0 Å². The number of para-hydroxylation sites is 1. The Kier molecular flexibility index (Phi) is 3.35. The van der Waals surface area contributed by atoms with Gasteiger partial charge in [-0.25, -0.2) is 15.8 Å². The number of aryl methyl sites for hydroxylation is 1. The Balaban J connectivity index is 2.16. The average molecular weight is 282 g/mol. The molecule has 0 saturated heterocycles. The molecule has 3 N–H and O–H groups in total. The fourth-order valence-corrected chi connectivity index (χ4v) is 2.59. The Hall–Kier alpha value is -2.40. The van der Waals surface area contributed by atoms with E-state index in [4.69, 9.17) is 10.3 Å². The number of nitrogens with one attached hydrogen (secondary N) is 1. The molecule has 108 valence electrons. The molecule has 0 unspecified atom stereocenters. The smallest absolute Gasteiger partial charge is 0.197 e. The molecule has 3 rings (SSSR count). The summed E-state index contributed by atoms with van der Waals surface area (Å²) in [6, 6.07) is 9.79. The maximum atomic E-state index is 5.82. The Morgan fingerprint density at radius 2 is 1.95 bits per heavy atom. The highest BCUT2D eigenvalue weighted by atomic mass is 16.3. The Morgan fingerprint density at radius 1 is 1.19 bits per heavy atom. The number of fused-ring (bicyclic) bond motifs is 1. The summed E-state index contributed by atoms with van der Waals surface area (Å²) in [6.45, 7) is 6.14. The highest BCUT2D eigenvalue weighted by molar-refractivity contribution is 5.81. The normalized spacial score (nSPS) is 11.3. The second-order valence-corrected chi connectivity index (χ2v) is 5.34. The zero-order valence-electron chi connectivity index (χ0n) is 12.3. The van der Waals surface area contributed by atoms with Gasteiger partial charge in [0.15, 0.2) is 11.6 Å². The van der Waals surface area contributed by atoms with Crippen LogP contribution in [0.4, 0.5) is 5.82 Å². The van der Waals surface area contributed by atoms with Crippen LogP contribution in [-0.2, 0) is 0 Å². The van der Waals surface area contributed by atoms with Gasteiger partial charge in [-0.3, -0.25) is 0 Å². The lowest BCUT2D eigenvalue weighted by atomic mass is 10.0. The average Bonchev–Trinajstić information content (AvgIpc) is 2.89. The van der Waals surface area contributed by atoms with E-state index in [1.165, 1.54) is 0 Å². The van der Waals surface area contributed by atoms with E-state index in [-0.39, 0.29) is 0 Å². The van der Waals surface area contributed by atoms with Gasteiger partial charge in [-0.1, -0.05) is 32.0 Å². The largest absolute Gasteiger partial charge is 0.453 e. The molecule has 0 aliphatic rings. The van der Waals surface area contributed by atoms with Crippen molar-refractivity contribution in [3.8, 4) is 11.6 Å². The molecule has 0 spiro atoms. The lowest BCUT2D eigenvalue weighted by Gasteiger charge is -2.14. The van der Waals surface area contributed by atoms with Gasteiger partial charge in [0, 0.05) is 16.6 Å². The zero-order valence-corrected chi connectivity index (χ0v) is 12.3. The summed E-state index contributed by atoms with van der Waals surface area (Å²) in [5.41, 5.74) is 5.42. The SMILES string of the molecule is Cc1nc(-c2cc3ccccc3o2)nc(NN)c1C(C)C. The van der Waals surface area contributed by atoms with Crippen LogP contribution in [0.2, 0.25) is 0 Å². The van der Waals surface area contributed by atoms with Gasteiger partial charge in [-0.05, 0) is 25.0 Å². The molecule has 3 aromatic rings. The van der Waals surface area contributed by atoms with Crippen molar-refractivity contribution in [3.05, 3.63) is 41.6 Å². The van der Waals surface area contributed by atoms with Crippen molar-refractivity contribution in [2.24, 2.45) is 5.84 Å². The standard InChI is InChI=1S/C16H18N4O/c1-9(2)14-10(3)18-15(19-16(14)20-17)13-8-11-6-4-5-7-12(11)21-13/h4-9H,17H2,1-3H3,(H,18,19,20). The summed E-state index contributed by atoms with van der Waals surface area (Å²) in [5.74, 6) is 7.73. The second kappa shape index (κ2) is 5.18. The van der Waals surface area contributed by atoms with E-state index in [0.717, 1.165) is 22.2 Å². The Bertz CT molecular complexity index is 759. The molecule has 2 heterocycles. The molecule has 0 aliphatic carbocycles. The van der Waals surface area contributed by atoms with E-state index in [0.29, 0.717) is 23.3 Å². The summed E-state index contributed by atoms with van der Waals surface area (Å²) in [7, 11) is 0. The molecule has 0 aliphatic heterocycles. The van der Waals surface area contributed by atoms with Crippen LogP contribution in [-0.4, -0.2) is 9.97 Å². The highest BCUT2D eigenvalue weighted by Gasteiger charge is 2.17. The maximum absolute atomic E-state index is 5.82. The first-order valence-electron chi connectivity index (χ1n) is 6.94. The number of rotatable bonds is 3. The van der Waals surface area contributed by atoms with Crippen LogP contribution in [0.25, 0.3) is 22.6 Å². The van der Waals surface area contributed by atoms with Crippen molar-refractivity contribution in [1.82, 2.24) is 9.97 Å². The van der Waals surface area contributed by atoms with Crippen LogP contribution >= 0.6 is 0 Å². The molecule has 2 aromatic heterocycles. The van der Waals surface area contributed by atoms with E-state index < -0.39 is 0 Å². The van der Waals surface area contributed by atoms with E-state index in [1.54, 1.807) is 0 Å². The molecule has 0 bridgehead atoms. The lowest BCUT2D eigenvalue weighted by Crippen LogP contribution is -2.14. The van der Waals surface area contributed by atoms with Gasteiger partial charge in [0.25, 0.3) is 0 Å². The van der Waals surface area contributed by atoms with Gasteiger partial charge in [0.05, 0.1) is 0 Å². The van der Waals surface area contributed by atoms with Crippen molar-refractivity contribution < 1.29 is 4.42 Å². The second-order valence-electron chi connectivity index (χ2n) is 5.34. The third kappa shape index (κ3) is 2.36. The molecule has 0 atom stereocenters. The molecule has 5 nitrogen and oxygen atoms in total. The van der Waals surface area contributed by atoms with E-state index in [9.17, 15) is 0 Å². The van der Waals surface area contributed by atoms with Gasteiger partial charge in [0.1, 0.15) is 11.4 Å². The van der Waals surface area contributed by atoms with Crippen molar-refractivity contribution in [2.45, 2.75) is 26.7 Å². The molecule has 0 saturated carbocycles. The number of hydrazine groups is 1. The van der Waals surface area contributed by atoms with Crippen molar-refractivity contribution in [3.63, 3.8) is 0 Å². The first-order chi connectivity index (χ1) is 10.1. The first kappa shape index (κ1) is 13.6. The van der Waals surface area contributed by atoms with Crippen molar-refractivity contribution >= 4 is 16.8 Å². The molecule has 21 heavy (non-hydrogen) atoms. The van der Waals surface area contributed by atoms with Crippen LogP contribution in [0.5, 0.6) is 0 Å². The minimum atomic E-state index is 0.292. The summed E-state index contributed by atoms with van der Waals surface area (Å²) >= 11 is 0. The number of nitrogen functional groups attached to an aromatic ring is 1. The number of hydrogen-bond acceptors (Lipinski definition) is 5. The van der Waals surface area contributed by atoms with Gasteiger partial charge in [0.2, 0.25) is 0 Å². The highest BCUT2D eigenvalue weighted by Crippen LogP contribution is 2.30. The lowest BCUT2D eigenvalue weighted by molar-refractivity contribution is 0.624. The molecule has 5 heteroatoms. The number of aromatic nitrogens is 2. The summed E-state index contributed by atoms with van der Waals surface area (Å²) in [6.07, 6.45) is 0. The predicted molar refractivity (Wildman–Crippen MR) is 83.9 cm³/mol. The van der Waals surface area contributed by atoms with Gasteiger partial charge in [-0.15, -0.1) is 0 Å². The van der Waals surface area contributed by atoms with E-state index >= 15 is 0 Å². The maximum Gasteiger partial charge on any atom is 0.197 e. The van der Waals surface area contributed by atoms with Crippen LogP contribution in [0.1, 0.15) is 31.0 Å². The number of nitrogens with two attached hydrogens (primary N) is 1. The fraction of sp³-hybridized carbons (Fsp3) is 0.250. The third-order valence-electron chi connectivity index (χ3n) is 3.50. The van der Waals surface area contributed by atoms with Crippen LogP contribution in [0.15, 0.2) is 34.7 Å². The van der Waals surface area contributed by atoms with Crippen LogP contribution in [0.3, 0.4) is 0 Å². The van der Waals surface area contributed by atoms with Crippen LogP contribution < -0.4 is 11.3 Å². The number of furan rings is 1. The molecular formula is C16H18N4O. The van der Waals surface area contributed by atoms with E-state index in [1.807, 2.05) is 37.3 Å². The molecular weight excluding hydrogens is 264 g/mol. The molecule has 0 radical (unpaired) electrons. The minimum Gasteiger partial charge on any atom is -0.453 e. The fourth-order valence-electron chi connectivity index (χ4n) is 2.59. The number of anilines is 1. The van der Waals surface area contributed by atoms with E-state index in [2.05, 4.69) is 29.2 Å². The third-order valence-corrected chi connectivity index (χ3v) is 3.50. The molecule has 0 fully saturated rings. The minimum absolute atomic E-state index is 0.292. The topological polar surface area (TPSA) is 77.0 Å². The molecule has 1 aromatic carbocycles. The quantitative estimate of drug-likeness (QED) is 0.567. The molecule has 0 amide bonds. The zero-order chi connectivity index (χ0) is 15.0. The van der Waals surface area contributed by atoms with Gasteiger partial charge < -0.3 is 9.84 Å². The summed E-state index contributed by atoms with van der Waals surface area (Å²) < 4.78 is 5.82. The Labute approximate surface area is 123 Å². The van der Waals surface area contributed by atoms with Gasteiger partial charge in [-0.2, -0.15) is 0 Å². The Morgan fingerprint density at radius 3 is 2.62 bits per heavy atom. The van der Waals surface area contributed by atoms with Crippen LogP contribution in [0, 0.1) is 6.92 Å². The first-order valence-corrected chi connectivity index (χ1v) is 6.94. The summed E-state index contributed by atoms with van der Waals surface area (Å²) in [5, 5.41) is 1.03. The van der Waals surface area contributed by atoms with Crippen molar-refractivity contribution in [2.75, 3.05) is 5.43 Å². The summed E-state index contributed by atoms with van der Waals surface area (Å²) in [4.78, 5) is 9.07. The number of hydrogen-bond donors (Lipinski definition) is 2. The monoisotopic (exact) mass is 282 g/mol. The number of benzene rings is 1. The predicted octanol–water partition coefficient (Wildman–Crippen LogP) is 3.61.